The minimum absolute atomic E-state index is 0.0815. The van der Waals surface area contributed by atoms with Gasteiger partial charge < -0.3 is 9.64 Å². The molecule has 3 nitrogen and oxygen atoms in total. The summed E-state index contributed by atoms with van der Waals surface area (Å²) in [5, 5.41) is 0. The van der Waals surface area contributed by atoms with Crippen LogP contribution in [0.3, 0.4) is 0 Å². The third-order valence-corrected chi connectivity index (χ3v) is 3.75. The number of hydrogen-bond donors (Lipinski definition) is 0. The van der Waals surface area contributed by atoms with Crippen LogP contribution in [-0.4, -0.2) is 19.1 Å². The topological polar surface area (TPSA) is 29.5 Å². The molecule has 17 heavy (non-hydrogen) atoms. The van der Waals surface area contributed by atoms with Gasteiger partial charge in [0.1, 0.15) is 6.61 Å². The Labute approximate surface area is 109 Å². The quantitative estimate of drug-likeness (QED) is 0.840. The second kappa shape index (κ2) is 4.42. The fraction of sp³-hybridized carbons (Fsp3) is 0.462. The Morgan fingerprint density at radius 2 is 2.18 bits per heavy atom. The Morgan fingerprint density at radius 3 is 2.94 bits per heavy atom. The highest BCUT2D eigenvalue weighted by Gasteiger charge is 2.30. The Morgan fingerprint density at radius 1 is 1.35 bits per heavy atom. The van der Waals surface area contributed by atoms with E-state index in [4.69, 9.17) is 4.74 Å². The van der Waals surface area contributed by atoms with E-state index in [1.54, 1.807) is 0 Å². The summed E-state index contributed by atoms with van der Waals surface area (Å²) < 4.78 is 6.44. The number of benzene rings is 1. The molecular formula is C13H14BrNO2. The summed E-state index contributed by atoms with van der Waals surface area (Å²) in [4.78, 5) is 13.9. The van der Waals surface area contributed by atoms with Gasteiger partial charge in [-0.2, -0.15) is 0 Å². The van der Waals surface area contributed by atoms with Gasteiger partial charge in [-0.05, 0) is 37.0 Å². The molecule has 4 heteroatoms. The largest absolute Gasteiger partial charge is 0.367 e. The molecule has 0 radical (unpaired) electrons. The van der Waals surface area contributed by atoms with Crippen molar-refractivity contribution in [2.75, 3.05) is 18.1 Å². The lowest BCUT2D eigenvalue weighted by atomic mass is 10.1. The van der Waals surface area contributed by atoms with Crippen molar-refractivity contribution in [1.82, 2.24) is 0 Å². The molecule has 0 N–H and O–H groups in total. The van der Waals surface area contributed by atoms with Crippen molar-refractivity contribution >= 4 is 27.5 Å². The molecule has 1 aromatic rings. The maximum Gasteiger partial charge on any atom is 0.253 e. The minimum Gasteiger partial charge on any atom is -0.367 e. The number of hydrogen-bond acceptors (Lipinski definition) is 2. The van der Waals surface area contributed by atoms with Crippen LogP contribution >= 0.6 is 15.9 Å². The molecule has 3 rings (SSSR count). The molecule has 1 amide bonds. The van der Waals surface area contributed by atoms with Gasteiger partial charge in [-0.15, -0.1) is 0 Å². The van der Waals surface area contributed by atoms with E-state index >= 15 is 0 Å². The van der Waals surface area contributed by atoms with Crippen molar-refractivity contribution in [3.63, 3.8) is 0 Å². The molecule has 1 aliphatic heterocycles. The number of anilines is 1. The van der Waals surface area contributed by atoms with E-state index in [-0.39, 0.29) is 12.5 Å². The van der Waals surface area contributed by atoms with Gasteiger partial charge in [0.15, 0.2) is 0 Å². The highest BCUT2D eigenvalue weighted by molar-refractivity contribution is 9.10. The van der Waals surface area contributed by atoms with E-state index < -0.39 is 0 Å². The second-order valence-corrected chi connectivity index (χ2v) is 5.63. The van der Waals surface area contributed by atoms with Crippen molar-refractivity contribution in [2.24, 2.45) is 5.92 Å². The van der Waals surface area contributed by atoms with Gasteiger partial charge in [0.2, 0.25) is 0 Å². The van der Waals surface area contributed by atoms with E-state index in [1.165, 1.54) is 12.8 Å². The lowest BCUT2D eigenvalue weighted by Gasteiger charge is -2.22. The van der Waals surface area contributed by atoms with Gasteiger partial charge in [-0.25, -0.2) is 0 Å². The zero-order valence-corrected chi connectivity index (χ0v) is 11.1. The standard InChI is InChI=1S/C13H14BrNO2/c14-11-3-4-12-10(5-11)7-17-8-13(16)15(12)6-9-1-2-9/h3-5,9H,1-2,6-8H2. The lowest BCUT2D eigenvalue weighted by Crippen LogP contribution is -2.34. The Balaban J connectivity index is 1.96. The number of nitrogens with zero attached hydrogens (tertiary/aromatic N) is 1. The summed E-state index contributed by atoms with van der Waals surface area (Å²) in [7, 11) is 0. The lowest BCUT2D eigenvalue weighted by molar-refractivity contribution is -0.123. The molecule has 0 aromatic heterocycles. The normalized spacial score (nSPS) is 20.1. The molecular weight excluding hydrogens is 282 g/mol. The third kappa shape index (κ3) is 2.38. The van der Waals surface area contributed by atoms with Crippen LogP contribution in [0, 0.1) is 5.92 Å². The average Bonchev–Trinajstić information content (AvgIpc) is 3.10. The van der Waals surface area contributed by atoms with Gasteiger partial charge in [0.25, 0.3) is 5.91 Å². The van der Waals surface area contributed by atoms with Crippen LogP contribution in [0.1, 0.15) is 18.4 Å². The molecule has 0 unspecified atom stereocenters. The molecule has 1 aliphatic carbocycles. The Hall–Kier alpha value is -0.870. The van der Waals surface area contributed by atoms with Crippen LogP contribution in [-0.2, 0) is 16.1 Å². The number of ether oxygens (including phenoxy) is 1. The van der Waals surface area contributed by atoms with Gasteiger partial charge in [-0.1, -0.05) is 15.9 Å². The summed E-state index contributed by atoms with van der Waals surface area (Å²) in [6.45, 7) is 1.55. The first-order chi connectivity index (χ1) is 8.24. The molecule has 1 aromatic carbocycles. The van der Waals surface area contributed by atoms with Crippen molar-refractivity contribution in [1.29, 1.82) is 0 Å². The first-order valence-corrected chi connectivity index (χ1v) is 6.70. The highest BCUT2D eigenvalue weighted by atomic mass is 79.9. The van der Waals surface area contributed by atoms with Gasteiger partial charge in [0.05, 0.1) is 6.61 Å². The summed E-state index contributed by atoms with van der Waals surface area (Å²) >= 11 is 3.46. The minimum atomic E-state index is 0.0815. The molecule has 1 fully saturated rings. The van der Waals surface area contributed by atoms with Crippen molar-refractivity contribution in [2.45, 2.75) is 19.4 Å². The van der Waals surface area contributed by atoms with Crippen LogP contribution in [0.15, 0.2) is 22.7 Å². The van der Waals surface area contributed by atoms with Crippen LogP contribution < -0.4 is 4.90 Å². The molecule has 1 heterocycles. The number of rotatable bonds is 2. The third-order valence-electron chi connectivity index (χ3n) is 3.25. The van der Waals surface area contributed by atoms with Crippen LogP contribution in [0.5, 0.6) is 0 Å². The summed E-state index contributed by atoms with van der Waals surface area (Å²) in [6, 6.07) is 6.03. The maximum absolute atomic E-state index is 12.0. The highest BCUT2D eigenvalue weighted by Crippen LogP contribution is 2.34. The van der Waals surface area contributed by atoms with E-state index in [2.05, 4.69) is 15.9 Å². The number of carbonyl (C=O) groups is 1. The first kappa shape index (κ1) is 11.2. The first-order valence-electron chi connectivity index (χ1n) is 5.90. The Kier molecular flexibility index (Phi) is 2.92. The molecule has 0 spiro atoms. The monoisotopic (exact) mass is 295 g/mol. The SMILES string of the molecule is O=C1COCc2cc(Br)ccc2N1CC1CC1. The molecule has 90 valence electrons. The van der Waals surface area contributed by atoms with Crippen LogP contribution in [0.4, 0.5) is 5.69 Å². The van der Waals surface area contributed by atoms with E-state index in [0.717, 1.165) is 22.3 Å². The summed E-state index contributed by atoms with van der Waals surface area (Å²) in [5.41, 5.74) is 2.11. The summed E-state index contributed by atoms with van der Waals surface area (Å²) in [5.74, 6) is 0.770. The number of amides is 1. The predicted molar refractivity (Wildman–Crippen MR) is 68.9 cm³/mol. The van der Waals surface area contributed by atoms with E-state index in [1.807, 2.05) is 23.1 Å². The van der Waals surface area contributed by atoms with Crippen LogP contribution in [0.25, 0.3) is 0 Å². The van der Waals surface area contributed by atoms with Gasteiger partial charge in [0, 0.05) is 22.3 Å². The number of fused-ring (bicyclic) bond motifs is 1. The predicted octanol–water partition coefficient (Wildman–Crippen LogP) is 2.72. The number of carbonyl (C=O) groups excluding carboxylic acids is 1. The maximum atomic E-state index is 12.0. The number of halogens is 1. The summed E-state index contributed by atoms with van der Waals surface area (Å²) in [6.07, 6.45) is 2.49. The van der Waals surface area contributed by atoms with E-state index in [0.29, 0.717) is 12.5 Å². The van der Waals surface area contributed by atoms with Crippen molar-refractivity contribution in [3.8, 4) is 0 Å². The zero-order valence-electron chi connectivity index (χ0n) is 9.49. The average molecular weight is 296 g/mol. The van der Waals surface area contributed by atoms with Crippen LogP contribution in [0.2, 0.25) is 0 Å². The molecule has 0 atom stereocenters. The molecule has 1 saturated carbocycles. The van der Waals surface area contributed by atoms with Gasteiger partial charge >= 0.3 is 0 Å². The smallest absolute Gasteiger partial charge is 0.253 e. The van der Waals surface area contributed by atoms with Gasteiger partial charge in [-0.3, -0.25) is 4.79 Å². The van der Waals surface area contributed by atoms with Crippen molar-refractivity contribution < 1.29 is 9.53 Å². The molecule has 0 bridgehead atoms. The van der Waals surface area contributed by atoms with E-state index in [9.17, 15) is 4.79 Å². The fourth-order valence-corrected chi connectivity index (χ4v) is 2.56. The molecule has 0 saturated heterocycles. The van der Waals surface area contributed by atoms with Crippen molar-refractivity contribution in [3.05, 3.63) is 28.2 Å². The fourth-order valence-electron chi connectivity index (χ4n) is 2.15. The second-order valence-electron chi connectivity index (χ2n) is 4.71. The molecule has 2 aliphatic rings. The Bertz CT molecular complexity index is 457. The zero-order chi connectivity index (χ0) is 11.8.